The predicted molar refractivity (Wildman–Crippen MR) is 53.1 cm³/mol. The van der Waals surface area contributed by atoms with Crippen molar-refractivity contribution < 1.29 is 9.63 Å². The fraction of sp³-hybridized carbons (Fsp3) is 0.200. The number of hydrogen-bond acceptors (Lipinski definition) is 3. The van der Waals surface area contributed by atoms with Crippen LogP contribution in [0.2, 0.25) is 0 Å². The molecule has 1 amide bonds. The van der Waals surface area contributed by atoms with Crippen LogP contribution in [0.4, 0.5) is 0 Å². The van der Waals surface area contributed by atoms with E-state index in [0.29, 0.717) is 0 Å². The second-order valence-electron chi connectivity index (χ2n) is 2.61. The van der Waals surface area contributed by atoms with Gasteiger partial charge in [0.2, 0.25) is 0 Å². The van der Waals surface area contributed by atoms with E-state index < -0.39 is 0 Å². The zero-order valence-electron chi connectivity index (χ0n) is 8.18. The summed E-state index contributed by atoms with van der Waals surface area (Å²) in [5, 5.41) is 1.14. The lowest BCUT2D eigenvalue weighted by Crippen LogP contribution is -2.22. The summed E-state index contributed by atoms with van der Waals surface area (Å²) in [4.78, 5) is 20.0. The normalized spacial score (nSPS) is 10.4. The Morgan fingerprint density at radius 3 is 2.93 bits per heavy atom. The van der Waals surface area contributed by atoms with Crippen molar-refractivity contribution in [2.24, 2.45) is 0 Å². The zero-order valence-corrected chi connectivity index (χ0v) is 8.18. The Bertz CT molecular complexity index is 322. The first-order chi connectivity index (χ1) is 6.74. The topological polar surface area (TPSA) is 42.4 Å². The molecule has 0 N–H and O–H groups in total. The van der Waals surface area contributed by atoms with Gasteiger partial charge in [0.05, 0.1) is 12.8 Å². The molecule has 0 unspecified atom stereocenters. The van der Waals surface area contributed by atoms with Crippen molar-refractivity contribution in [1.82, 2.24) is 10.0 Å². The molecule has 0 aromatic carbocycles. The summed E-state index contributed by atoms with van der Waals surface area (Å²) in [6.45, 7) is 0. The van der Waals surface area contributed by atoms with Gasteiger partial charge in [-0.05, 0) is 18.2 Å². The molecule has 0 saturated carbocycles. The maximum atomic E-state index is 11.2. The van der Waals surface area contributed by atoms with Crippen molar-refractivity contribution in [3.8, 4) is 0 Å². The van der Waals surface area contributed by atoms with Crippen LogP contribution in [0, 0.1) is 0 Å². The summed E-state index contributed by atoms with van der Waals surface area (Å²) in [6, 6.07) is 5.49. The Hall–Kier alpha value is -1.68. The Balaban J connectivity index is 2.61. The fourth-order valence-electron chi connectivity index (χ4n) is 0.826. The molecule has 1 rings (SSSR count). The van der Waals surface area contributed by atoms with E-state index in [4.69, 9.17) is 4.84 Å². The first-order valence-electron chi connectivity index (χ1n) is 4.15. The molecule has 0 saturated heterocycles. The minimum atomic E-state index is -0.224. The summed E-state index contributed by atoms with van der Waals surface area (Å²) in [6.07, 6.45) is 4.72. The van der Waals surface area contributed by atoms with Gasteiger partial charge >= 0.3 is 0 Å². The number of nitrogens with zero attached hydrogens (tertiary/aromatic N) is 2. The molecule has 4 nitrogen and oxygen atoms in total. The molecule has 0 spiro atoms. The van der Waals surface area contributed by atoms with Crippen LogP contribution in [0.25, 0.3) is 6.08 Å². The van der Waals surface area contributed by atoms with Gasteiger partial charge in [-0.15, -0.1) is 0 Å². The molecule has 0 aliphatic carbocycles. The Kier molecular flexibility index (Phi) is 3.82. The highest BCUT2D eigenvalue weighted by Crippen LogP contribution is 1.97. The summed E-state index contributed by atoms with van der Waals surface area (Å²) in [5.41, 5.74) is 0.741. The zero-order chi connectivity index (χ0) is 10.4. The van der Waals surface area contributed by atoms with Gasteiger partial charge in [-0.2, -0.15) is 0 Å². The molecule has 4 heteroatoms. The molecule has 14 heavy (non-hydrogen) atoms. The number of amides is 1. The lowest BCUT2D eigenvalue weighted by molar-refractivity contribution is -0.162. The van der Waals surface area contributed by atoms with Crippen molar-refractivity contribution in [2.45, 2.75) is 0 Å². The van der Waals surface area contributed by atoms with Crippen molar-refractivity contribution in [3.63, 3.8) is 0 Å². The van der Waals surface area contributed by atoms with Gasteiger partial charge in [0.15, 0.2) is 0 Å². The largest absolute Gasteiger partial charge is 0.274 e. The summed E-state index contributed by atoms with van der Waals surface area (Å²) < 4.78 is 0. The first kappa shape index (κ1) is 10.4. The average molecular weight is 192 g/mol. The Labute approximate surface area is 82.8 Å². The standard InChI is InChI=1S/C10H12N2O2/c1-12(14-2)10(13)7-6-9-5-3-4-8-11-9/h3-8H,1-2H3/b7-6+. The monoisotopic (exact) mass is 192 g/mol. The second-order valence-corrected chi connectivity index (χ2v) is 2.61. The molecule has 0 atom stereocenters. The van der Waals surface area contributed by atoms with E-state index in [1.54, 1.807) is 19.3 Å². The van der Waals surface area contributed by atoms with E-state index in [0.717, 1.165) is 10.8 Å². The lowest BCUT2D eigenvalue weighted by Gasteiger charge is -2.09. The number of rotatable bonds is 3. The van der Waals surface area contributed by atoms with Crippen LogP contribution in [0.3, 0.4) is 0 Å². The smallest absolute Gasteiger partial charge is 0.269 e. The number of pyridine rings is 1. The highest BCUT2D eigenvalue weighted by Gasteiger charge is 2.01. The third-order valence-corrected chi connectivity index (χ3v) is 1.67. The third kappa shape index (κ3) is 2.99. The molecule has 1 aromatic heterocycles. The number of aromatic nitrogens is 1. The molecule has 1 aromatic rings. The van der Waals surface area contributed by atoms with E-state index in [2.05, 4.69) is 4.98 Å². The predicted octanol–water partition coefficient (Wildman–Crippen LogP) is 1.11. The van der Waals surface area contributed by atoms with Crippen molar-refractivity contribution in [2.75, 3.05) is 14.2 Å². The van der Waals surface area contributed by atoms with Gasteiger partial charge < -0.3 is 0 Å². The van der Waals surface area contributed by atoms with Crippen LogP contribution < -0.4 is 0 Å². The molecular weight excluding hydrogens is 180 g/mol. The Morgan fingerprint density at radius 2 is 2.36 bits per heavy atom. The summed E-state index contributed by atoms with van der Waals surface area (Å²) in [7, 11) is 2.98. The van der Waals surface area contributed by atoms with Crippen molar-refractivity contribution in [1.29, 1.82) is 0 Å². The maximum Gasteiger partial charge on any atom is 0.269 e. The van der Waals surface area contributed by atoms with E-state index >= 15 is 0 Å². The molecule has 0 bridgehead atoms. The average Bonchev–Trinajstić information content (AvgIpc) is 2.26. The summed E-state index contributed by atoms with van der Waals surface area (Å²) >= 11 is 0. The van der Waals surface area contributed by atoms with E-state index in [1.807, 2.05) is 18.2 Å². The second kappa shape index (κ2) is 5.14. The van der Waals surface area contributed by atoms with Crippen LogP contribution in [-0.4, -0.2) is 30.1 Å². The van der Waals surface area contributed by atoms with Gasteiger partial charge in [0, 0.05) is 19.3 Å². The van der Waals surface area contributed by atoms with Crippen molar-refractivity contribution in [3.05, 3.63) is 36.2 Å². The van der Waals surface area contributed by atoms with Crippen LogP contribution in [0.15, 0.2) is 30.5 Å². The molecule has 74 valence electrons. The van der Waals surface area contributed by atoms with E-state index in [1.165, 1.54) is 13.2 Å². The molecule has 0 aliphatic rings. The quantitative estimate of drug-likeness (QED) is 0.532. The van der Waals surface area contributed by atoms with Crippen LogP contribution in [0.1, 0.15) is 5.69 Å². The number of likely N-dealkylation sites (N-methyl/N-ethyl adjacent to an activating group) is 1. The Morgan fingerprint density at radius 1 is 1.57 bits per heavy atom. The van der Waals surface area contributed by atoms with Crippen molar-refractivity contribution >= 4 is 12.0 Å². The number of carbonyl (C=O) groups excluding carboxylic acids is 1. The van der Waals surface area contributed by atoms with E-state index in [9.17, 15) is 4.79 Å². The molecule has 0 fully saturated rings. The summed E-state index contributed by atoms with van der Waals surface area (Å²) in [5.74, 6) is -0.224. The minimum Gasteiger partial charge on any atom is -0.274 e. The van der Waals surface area contributed by atoms with Gasteiger partial charge in [0.25, 0.3) is 5.91 Å². The first-order valence-corrected chi connectivity index (χ1v) is 4.15. The van der Waals surface area contributed by atoms with Crippen LogP contribution in [0.5, 0.6) is 0 Å². The van der Waals surface area contributed by atoms with Gasteiger partial charge in [-0.1, -0.05) is 6.07 Å². The fourth-order valence-corrected chi connectivity index (χ4v) is 0.826. The number of hydrogen-bond donors (Lipinski definition) is 0. The third-order valence-electron chi connectivity index (χ3n) is 1.67. The minimum absolute atomic E-state index is 0.224. The molecule has 1 heterocycles. The SMILES string of the molecule is CON(C)C(=O)/C=C/c1ccccn1. The van der Waals surface area contributed by atoms with Crippen LogP contribution >= 0.6 is 0 Å². The van der Waals surface area contributed by atoms with Gasteiger partial charge in [-0.25, -0.2) is 5.06 Å². The maximum absolute atomic E-state index is 11.2. The van der Waals surface area contributed by atoms with Gasteiger partial charge in [-0.3, -0.25) is 14.6 Å². The highest BCUT2D eigenvalue weighted by atomic mass is 16.7. The number of hydroxylamine groups is 2. The number of carbonyl (C=O) groups is 1. The molecule has 0 aliphatic heterocycles. The van der Waals surface area contributed by atoms with E-state index in [-0.39, 0.29) is 5.91 Å². The van der Waals surface area contributed by atoms with Gasteiger partial charge in [0.1, 0.15) is 0 Å². The molecular formula is C10H12N2O2. The lowest BCUT2D eigenvalue weighted by atomic mass is 10.3. The highest BCUT2D eigenvalue weighted by molar-refractivity contribution is 5.90. The molecule has 0 radical (unpaired) electrons. The van der Waals surface area contributed by atoms with Crippen LogP contribution in [-0.2, 0) is 9.63 Å².